The van der Waals surface area contributed by atoms with Gasteiger partial charge in [-0.25, -0.2) is 0 Å². The Balaban J connectivity index is 1.54. The topological polar surface area (TPSA) is 3.24 Å². The number of hydrogen-bond donors (Lipinski definition) is 0. The van der Waals surface area contributed by atoms with E-state index in [0.717, 1.165) is 12.8 Å². The van der Waals surface area contributed by atoms with Gasteiger partial charge in [0.25, 0.3) is 0 Å². The number of piperidine rings is 1. The Morgan fingerprint density at radius 3 is 2.35 bits per heavy atom. The zero-order chi connectivity index (χ0) is 18.5. The number of nitrogens with zero attached hydrogens (tertiary/aromatic N) is 1. The zero-order valence-electron chi connectivity index (χ0n) is 16.8. The van der Waals surface area contributed by atoms with Gasteiger partial charge in [-0.05, 0) is 69.0 Å². The van der Waals surface area contributed by atoms with Crippen molar-refractivity contribution in [2.45, 2.75) is 64.7 Å². The number of hydrogen-bond acceptors (Lipinski definition) is 1. The summed E-state index contributed by atoms with van der Waals surface area (Å²) in [5, 5.41) is 0. The van der Waals surface area contributed by atoms with E-state index in [1.54, 1.807) is 0 Å². The molecule has 142 valence electrons. The average molecular weight is 352 g/mol. The van der Waals surface area contributed by atoms with Crippen LogP contribution in [0.1, 0.15) is 63.9 Å². The van der Waals surface area contributed by atoms with Gasteiger partial charge in [-0.1, -0.05) is 68.3 Å². The van der Waals surface area contributed by atoms with E-state index in [0.29, 0.717) is 10.8 Å². The third kappa shape index (κ3) is 4.31. The van der Waals surface area contributed by atoms with Crippen LogP contribution < -0.4 is 0 Å². The highest BCUT2D eigenvalue weighted by molar-refractivity contribution is 5.21. The Labute approximate surface area is 161 Å². The van der Waals surface area contributed by atoms with Crippen molar-refractivity contribution in [1.82, 2.24) is 4.90 Å². The zero-order valence-corrected chi connectivity index (χ0v) is 16.8. The third-order valence-electron chi connectivity index (χ3n) is 7.18. The van der Waals surface area contributed by atoms with E-state index in [9.17, 15) is 0 Å². The van der Waals surface area contributed by atoms with Gasteiger partial charge in [-0.15, -0.1) is 6.58 Å². The van der Waals surface area contributed by atoms with Gasteiger partial charge in [-0.2, -0.15) is 0 Å². The van der Waals surface area contributed by atoms with Crippen molar-refractivity contribution < 1.29 is 0 Å². The smallest absolute Gasteiger partial charge is 0.00753 e. The first-order chi connectivity index (χ1) is 12.6. The van der Waals surface area contributed by atoms with E-state index in [1.165, 1.54) is 75.7 Å². The fraction of sp³-hybridized carbons (Fsp3) is 0.600. The number of rotatable bonds is 9. The minimum atomic E-state index is 0.397. The summed E-state index contributed by atoms with van der Waals surface area (Å²) in [6.07, 6.45) is 13.8. The molecule has 26 heavy (non-hydrogen) atoms. The SMILES string of the molecule is C=CC1(CCC)CCN(CC2(C(=C)CCc3ccccc3)CCC2)CC1. The lowest BCUT2D eigenvalue weighted by Crippen LogP contribution is -2.48. The molecule has 1 saturated carbocycles. The van der Waals surface area contributed by atoms with Crippen molar-refractivity contribution in [1.29, 1.82) is 0 Å². The van der Waals surface area contributed by atoms with Crippen LogP contribution in [0.3, 0.4) is 0 Å². The Kier molecular flexibility index (Phi) is 6.40. The van der Waals surface area contributed by atoms with Gasteiger partial charge < -0.3 is 4.90 Å². The summed E-state index contributed by atoms with van der Waals surface area (Å²) in [4.78, 5) is 2.73. The van der Waals surface area contributed by atoms with Gasteiger partial charge in [0, 0.05) is 12.0 Å². The highest BCUT2D eigenvalue weighted by atomic mass is 15.1. The lowest BCUT2D eigenvalue weighted by atomic mass is 9.62. The summed E-state index contributed by atoms with van der Waals surface area (Å²) in [5.74, 6) is 0. The number of allylic oxidation sites excluding steroid dienone is 1. The first-order valence-corrected chi connectivity index (χ1v) is 10.7. The van der Waals surface area contributed by atoms with E-state index in [2.05, 4.69) is 61.4 Å². The second-order valence-corrected chi connectivity index (χ2v) is 8.82. The second kappa shape index (κ2) is 8.57. The molecule has 0 bridgehead atoms. The Morgan fingerprint density at radius 2 is 1.81 bits per heavy atom. The highest BCUT2D eigenvalue weighted by Crippen LogP contribution is 2.49. The van der Waals surface area contributed by atoms with Crippen molar-refractivity contribution in [3.63, 3.8) is 0 Å². The fourth-order valence-corrected chi connectivity index (χ4v) is 5.07. The van der Waals surface area contributed by atoms with Gasteiger partial charge >= 0.3 is 0 Å². The molecule has 1 aromatic rings. The quantitative estimate of drug-likeness (QED) is 0.464. The van der Waals surface area contributed by atoms with E-state index in [4.69, 9.17) is 0 Å². The van der Waals surface area contributed by atoms with E-state index < -0.39 is 0 Å². The molecular weight excluding hydrogens is 314 g/mol. The van der Waals surface area contributed by atoms with Crippen molar-refractivity contribution in [3.05, 3.63) is 60.7 Å². The molecule has 2 aliphatic rings. The number of aryl methyl sites for hydroxylation is 1. The van der Waals surface area contributed by atoms with Crippen LogP contribution in [0.25, 0.3) is 0 Å². The number of benzene rings is 1. The molecule has 0 spiro atoms. The van der Waals surface area contributed by atoms with Crippen molar-refractivity contribution in [2.24, 2.45) is 10.8 Å². The molecule has 1 aromatic carbocycles. The minimum absolute atomic E-state index is 0.397. The summed E-state index contributed by atoms with van der Waals surface area (Å²) >= 11 is 0. The van der Waals surface area contributed by atoms with Crippen LogP contribution in [0.2, 0.25) is 0 Å². The summed E-state index contributed by atoms with van der Waals surface area (Å²) in [6.45, 7) is 14.7. The van der Waals surface area contributed by atoms with E-state index >= 15 is 0 Å². The van der Waals surface area contributed by atoms with Crippen LogP contribution >= 0.6 is 0 Å². The van der Waals surface area contributed by atoms with Crippen molar-refractivity contribution >= 4 is 0 Å². The van der Waals surface area contributed by atoms with Gasteiger partial charge in [-0.3, -0.25) is 0 Å². The van der Waals surface area contributed by atoms with Crippen LogP contribution in [0.5, 0.6) is 0 Å². The van der Waals surface area contributed by atoms with Crippen LogP contribution in [0.4, 0.5) is 0 Å². The molecule has 1 saturated heterocycles. The van der Waals surface area contributed by atoms with Crippen molar-refractivity contribution in [2.75, 3.05) is 19.6 Å². The maximum absolute atomic E-state index is 4.56. The molecule has 0 N–H and O–H groups in total. The number of likely N-dealkylation sites (tertiary alicyclic amines) is 1. The molecule has 1 heteroatoms. The normalized spacial score (nSPS) is 21.7. The molecular formula is C25H37N. The largest absolute Gasteiger partial charge is 0.302 e. The third-order valence-corrected chi connectivity index (χ3v) is 7.18. The lowest BCUT2D eigenvalue weighted by Gasteiger charge is -2.49. The first-order valence-electron chi connectivity index (χ1n) is 10.7. The Morgan fingerprint density at radius 1 is 1.12 bits per heavy atom. The molecule has 0 radical (unpaired) electrons. The van der Waals surface area contributed by atoms with Crippen LogP contribution in [-0.2, 0) is 6.42 Å². The maximum atomic E-state index is 4.56. The first kappa shape index (κ1) is 19.4. The second-order valence-electron chi connectivity index (χ2n) is 8.82. The Bertz CT molecular complexity index is 588. The molecule has 1 heterocycles. The van der Waals surface area contributed by atoms with Crippen LogP contribution in [0, 0.1) is 10.8 Å². The molecule has 3 rings (SSSR count). The fourth-order valence-electron chi connectivity index (χ4n) is 5.07. The monoisotopic (exact) mass is 351 g/mol. The molecule has 0 unspecified atom stereocenters. The molecule has 1 nitrogen and oxygen atoms in total. The lowest BCUT2D eigenvalue weighted by molar-refractivity contribution is 0.0575. The molecule has 0 aromatic heterocycles. The molecule has 0 amide bonds. The van der Waals surface area contributed by atoms with Crippen LogP contribution in [0.15, 0.2) is 55.1 Å². The highest BCUT2D eigenvalue weighted by Gasteiger charge is 2.42. The molecule has 2 fully saturated rings. The molecule has 0 atom stereocenters. The summed E-state index contributed by atoms with van der Waals surface area (Å²) in [6, 6.07) is 10.9. The summed E-state index contributed by atoms with van der Waals surface area (Å²) in [7, 11) is 0. The summed E-state index contributed by atoms with van der Waals surface area (Å²) in [5.41, 5.74) is 3.74. The predicted octanol–water partition coefficient (Wildman–Crippen LogP) is 6.41. The van der Waals surface area contributed by atoms with E-state index in [1.807, 2.05) is 0 Å². The minimum Gasteiger partial charge on any atom is -0.302 e. The van der Waals surface area contributed by atoms with Gasteiger partial charge in [0.05, 0.1) is 0 Å². The summed E-state index contributed by atoms with van der Waals surface area (Å²) < 4.78 is 0. The standard InChI is InChI=1S/C25H37N/c1-4-14-24(5-2)17-19-26(20-18-24)21-25(15-9-16-25)22(3)12-13-23-10-7-6-8-11-23/h5-8,10-11H,2-4,9,12-21H2,1H3. The predicted molar refractivity (Wildman–Crippen MR) is 113 cm³/mol. The van der Waals surface area contributed by atoms with Crippen molar-refractivity contribution in [3.8, 4) is 0 Å². The maximum Gasteiger partial charge on any atom is 0.00753 e. The van der Waals surface area contributed by atoms with E-state index in [-0.39, 0.29) is 0 Å². The average Bonchev–Trinajstić information content (AvgIpc) is 2.65. The molecule has 1 aliphatic carbocycles. The van der Waals surface area contributed by atoms with Gasteiger partial charge in [0.1, 0.15) is 0 Å². The molecule has 1 aliphatic heterocycles. The van der Waals surface area contributed by atoms with Gasteiger partial charge in [0.15, 0.2) is 0 Å². The van der Waals surface area contributed by atoms with Crippen LogP contribution in [-0.4, -0.2) is 24.5 Å². The van der Waals surface area contributed by atoms with Gasteiger partial charge in [0.2, 0.25) is 0 Å². The Hall–Kier alpha value is -1.34.